The van der Waals surface area contributed by atoms with Crippen molar-refractivity contribution in [1.82, 2.24) is 0 Å². The second-order valence-electron chi connectivity index (χ2n) is 4.16. The van der Waals surface area contributed by atoms with Crippen LogP contribution in [0.1, 0.15) is 0 Å². The number of carbonyl (C=O) groups excluding carboxylic acids is 1. The van der Waals surface area contributed by atoms with Crippen molar-refractivity contribution in [2.75, 3.05) is 11.9 Å². The molecule has 0 saturated heterocycles. The summed E-state index contributed by atoms with van der Waals surface area (Å²) < 4.78 is 31.7. The van der Waals surface area contributed by atoms with E-state index < -0.39 is 34.8 Å². The van der Waals surface area contributed by atoms with E-state index in [9.17, 15) is 23.7 Å². The monoisotopic (exact) mass is 308 g/mol. The van der Waals surface area contributed by atoms with Crippen LogP contribution in [0.15, 0.2) is 42.5 Å². The van der Waals surface area contributed by atoms with Crippen LogP contribution in [0, 0.1) is 21.7 Å². The number of ether oxygens (including phenoxy) is 1. The number of hydrogen-bond donors (Lipinski definition) is 1. The van der Waals surface area contributed by atoms with E-state index in [0.717, 1.165) is 18.2 Å². The maximum atomic E-state index is 13.4. The van der Waals surface area contributed by atoms with Gasteiger partial charge in [-0.2, -0.15) is 0 Å². The number of para-hydroxylation sites is 3. The van der Waals surface area contributed by atoms with Gasteiger partial charge in [0, 0.05) is 6.07 Å². The van der Waals surface area contributed by atoms with Gasteiger partial charge in [0.2, 0.25) is 0 Å². The molecule has 114 valence electrons. The maximum Gasteiger partial charge on any atom is 0.310 e. The number of anilines is 1. The van der Waals surface area contributed by atoms with E-state index in [1.54, 1.807) is 0 Å². The fourth-order valence-electron chi connectivity index (χ4n) is 1.67. The molecule has 0 aromatic heterocycles. The van der Waals surface area contributed by atoms with Crippen LogP contribution in [0.5, 0.6) is 5.75 Å². The molecule has 0 bridgehead atoms. The van der Waals surface area contributed by atoms with Crippen LogP contribution in [0.25, 0.3) is 0 Å². The van der Waals surface area contributed by atoms with E-state index in [2.05, 4.69) is 0 Å². The Balaban J connectivity index is 2.04. The molecule has 6 nitrogen and oxygen atoms in total. The Morgan fingerprint density at radius 1 is 1.14 bits per heavy atom. The third-order valence-electron chi connectivity index (χ3n) is 2.65. The highest BCUT2D eigenvalue weighted by Gasteiger charge is 2.16. The molecule has 22 heavy (non-hydrogen) atoms. The first-order valence-electron chi connectivity index (χ1n) is 6.09. The molecular formula is C14H10F2N2O4. The number of carbonyl (C=O) groups is 1. The number of nitro benzene ring substituents is 1. The summed E-state index contributed by atoms with van der Waals surface area (Å²) in [4.78, 5) is 21.7. The lowest BCUT2D eigenvalue weighted by Crippen LogP contribution is -2.21. The van der Waals surface area contributed by atoms with E-state index in [4.69, 9.17) is 4.74 Å². The van der Waals surface area contributed by atoms with Gasteiger partial charge in [0.1, 0.15) is 17.3 Å². The molecule has 2 aromatic rings. The van der Waals surface area contributed by atoms with Gasteiger partial charge in [0.15, 0.2) is 12.4 Å². The zero-order valence-corrected chi connectivity index (χ0v) is 11.1. The number of hydrogen-bond acceptors (Lipinski definition) is 4. The number of nitrogens with zero attached hydrogens (tertiary/aromatic N) is 1. The van der Waals surface area contributed by atoms with Crippen molar-refractivity contribution in [3.63, 3.8) is 0 Å². The van der Waals surface area contributed by atoms with Crippen LogP contribution in [-0.2, 0) is 4.79 Å². The Bertz CT molecular complexity index is 701. The Labute approximate surface area is 123 Å². The molecule has 0 unspecified atom stereocenters. The predicted octanol–water partition coefficient (Wildman–Crippen LogP) is 2.89. The third-order valence-corrected chi connectivity index (χ3v) is 2.65. The van der Waals surface area contributed by atoms with Gasteiger partial charge in [-0.3, -0.25) is 14.9 Å². The standard InChI is InChI=1S/C14H10F2N2O4/c15-9-4-3-5-10(16)14(9)17-13(19)8-22-12-7-2-1-6-11(12)18(20)21/h1-7H,8H2,(H,17,19). The highest BCUT2D eigenvalue weighted by atomic mass is 19.1. The lowest BCUT2D eigenvalue weighted by molar-refractivity contribution is -0.385. The van der Waals surface area contributed by atoms with Crippen molar-refractivity contribution in [1.29, 1.82) is 0 Å². The predicted molar refractivity (Wildman–Crippen MR) is 73.6 cm³/mol. The number of amides is 1. The van der Waals surface area contributed by atoms with Crippen molar-refractivity contribution >= 4 is 17.3 Å². The number of nitrogens with one attached hydrogen (secondary N) is 1. The molecule has 2 rings (SSSR count). The molecule has 0 fully saturated rings. The lowest BCUT2D eigenvalue weighted by Gasteiger charge is -2.09. The van der Waals surface area contributed by atoms with Gasteiger partial charge >= 0.3 is 5.69 Å². The van der Waals surface area contributed by atoms with Crippen LogP contribution in [0.3, 0.4) is 0 Å². The van der Waals surface area contributed by atoms with Gasteiger partial charge in [-0.25, -0.2) is 8.78 Å². The molecule has 0 aliphatic rings. The minimum Gasteiger partial charge on any atom is -0.477 e. The fraction of sp³-hybridized carbons (Fsp3) is 0.0714. The van der Waals surface area contributed by atoms with Crippen molar-refractivity contribution in [2.45, 2.75) is 0 Å². The number of nitro groups is 1. The van der Waals surface area contributed by atoms with Crippen LogP contribution in [-0.4, -0.2) is 17.4 Å². The normalized spacial score (nSPS) is 10.1. The topological polar surface area (TPSA) is 81.5 Å². The van der Waals surface area contributed by atoms with Crippen molar-refractivity contribution < 1.29 is 23.2 Å². The minimum absolute atomic E-state index is 0.114. The van der Waals surface area contributed by atoms with Gasteiger partial charge in [0.05, 0.1) is 4.92 Å². The van der Waals surface area contributed by atoms with Gasteiger partial charge < -0.3 is 10.1 Å². The highest BCUT2D eigenvalue weighted by Crippen LogP contribution is 2.25. The van der Waals surface area contributed by atoms with Crippen LogP contribution in [0.2, 0.25) is 0 Å². The van der Waals surface area contributed by atoms with Crippen molar-refractivity contribution in [3.8, 4) is 5.75 Å². The summed E-state index contributed by atoms with van der Waals surface area (Å²) in [5.74, 6) is -2.82. The molecule has 0 heterocycles. The average Bonchev–Trinajstić information content (AvgIpc) is 2.49. The molecule has 2 aromatic carbocycles. The first-order valence-corrected chi connectivity index (χ1v) is 6.09. The summed E-state index contributed by atoms with van der Waals surface area (Å²) in [7, 11) is 0. The summed E-state index contributed by atoms with van der Waals surface area (Å²) >= 11 is 0. The second-order valence-corrected chi connectivity index (χ2v) is 4.16. The third kappa shape index (κ3) is 3.54. The van der Waals surface area contributed by atoms with Gasteiger partial charge in [-0.15, -0.1) is 0 Å². The summed E-state index contributed by atoms with van der Waals surface area (Å²) in [5.41, 5.74) is -0.911. The van der Waals surface area contributed by atoms with Crippen LogP contribution in [0.4, 0.5) is 20.2 Å². The SMILES string of the molecule is O=C(COc1ccccc1[N+](=O)[O-])Nc1c(F)cccc1F. The number of benzene rings is 2. The van der Waals surface area contributed by atoms with E-state index in [0.29, 0.717) is 0 Å². The molecule has 0 atom stereocenters. The molecule has 8 heteroatoms. The molecule has 0 aliphatic heterocycles. The van der Waals surface area contributed by atoms with Gasteiger partial charge in [-0.1, -0.05) is 18.2 Å². The first-order chi connectivity index (χ1) is 10.5. The van der Waals surface area contributed by atoms with E-state index in [-0.39, 0.29) is 11.4 Å². The van der Waals surface area contributed by atoms with Crippen molar-refractivity contribution in [2.24, 2.45) is 0 Å². The van der Waals surface area contributed by atoms with E-state index in [1.807, 2.05) is 5.32 Å². The summed E-state index contributed by atoms with van der Waals surface area (Å²) in [6, 6.07) is 8.60. The fourth-order valence-corrected chi connectivity index (χ4v) is 1.67. The Morgan fingerprint density at radius 3 is 2.41 bits per heavy atom. The molecule has 0 saturated carbocycles. The smallest absolute Gasteiger partial charge is 0.310 e. The average molecular weight is 308 g/mol. The van der Waals surface area contributed by atoms with Gasteiger partial charge in [0.25, 0.3) is 5.91 Å². The van der Waals surface area contributed by atoms with Gasteiger partial charge in [-0.05, 0) is 18.2 Å². The molecule has 0 spiro atoms. The zero-order chi connectivity index (χ0) is 16.1. The summed E-state index contributed by atoms with van der Waals surface area (Å²) in [6.07, 6.45) is 0. The van der Waals surface area contributed by atoms with Crippen LogP contribution >= 0.6 is 0 Å². The number of rotatable bonds is 5. The maximum absolute atomic E-state index is 13.4. The Hall–Kier alpha value is -3.03. The highest BCUT2D eigenvalue weighted by molar-refractivity contribution is 5.92. The molecular weight excluding hydrogens is 298 g/mol. The van der Waals surface area contributed by atoms with Crippen LogP contribution < -0.4 is 10.1 Å². The van der Waals surface area contributed by atoms with Crippen molar-refractivity contribution in [3.05, 3.63) is 64.2 Å². The largest absolute Gasteiger partial charge is 0.477 e. The first kappa shape index (κ1) is 15.4. The zero-order valence-electron chi connectivity index (χ0n) is 11.1. The minimum atomic E-state index is -0.931. The summed E-state index contributed by atoms with van der Waals surface area (Å²) in [6.45, 7) is -0.626. The van der Waals surface area contributed by atoms with E-state index in [1.165, 1.54) is 24.3 Å². The molecule has 0 radical (unpaired) electrons. The molecule has 1 amide bonds. The van der Waals surface area contributed by atoms with E-state index >= 15 is 0 Å². The molecule has 0 aliphatic carbocycles. The number of halogens is 2. The lowest BCUT2D eigenvalue weighted by atomic mass is 10.3. The molecule has 1 N–H and O–H groups in total. The Morgan fingerprint density at radius 2 is 1.77 bits per heavy atom. The second kappa shape index (κ2) is 6.61. The summed E-state index contributed by atoms with van der Waals surface area (Å²) in [5, 5.41) is 12.8. The quantitative estimate of drug-likeness (QED) is 0.680. The Kier molecular flexibility index (Phi) is 4.62.